The van der Waals surface area contributed by atoms with E-state index in [1.165, 1.54) is 0 Å². The first-order chi connectivity index (χ1) is 11.4. The van der Waals surface area contributed by atoms with E-state index >= 15 is 0 Å². The summed E-state index contributed by atoms with van der Waals surface area (Å²) in [5.41, 5.74) is 1.74. The molecule has 7 nitrogen and oxygen atoms in total. The van der Waals surface area contributed by atoms with Gasteiger partial charge in [-0.1, -0.05) is 5.21 Å². The van der Waals surface area contributed by atoms with Crippen molar-refractivity contribution in [3.05, 3.63) is 23.8 Å². The topological polar surface area (TPSA) is 84.0 Å². The molecular formula is C17H21N5O2. The quantitative estimate of drug-likeness (QED) is 0.846. The lowest BCUT2D eigenvalue weighted by molar-refractivity contribution is 0.0287. The van der Waals surface area contributed by atoms with E-state index in [-0.39, 0.29) is 6.09 Å². The zero-order valence-electron chi connectivity index (χ0n) is 14.2. The first-order valence-electron chi connectivity index (χ1n) is 8.07. The maximum atomic E-state index is 12.1. The van der Waals surface area contributed by atoms with Crippen LogP contribution in [-0.4, -0.2) is 44.7 Å². The number of nitrogens with zero attached hydrogens (tertiary/aromatic N) is 5. The molecule has 1 aromatic heterocycles. The molecule has 7 heteroatoms. The Kier molecular flexibility index (Phi) is 4.14. The third-order valence-corrected chi connectivity index (χ3v) is 4.01. The minimum absolute atomic E-state index is 0.264. The first kappa shape index (κ1) is 16.2. The summed E-state index contributed by atoms with van der Waals surface area (Å²) in [6, 6.07) is 7.48. The van der Waals surface area contributed by atoms with Crippen LogP contribution < -0.4 is 0 Å². The molecule has 3 rings (SSSR count). The number of fused-ring (bicyclic) bond motifs is 1. The van der Waals surface area contributed by atoms with Gasteiger partial charge in [0.05, 0.1) is 17.1 Å². The lowest BCUT2D eigenvalue weighted by Crippen LogP contribution is -2.35. The summed E-state index contributed by atoms with van der Waals surface area (Å²) in [7, 11) is 0. The Labute approximate surface area is 140 Å². The zero-order valence-corrected chi connectivity index (χ0v) is 14.2. The van der Waals surface area contributed by atoms with Crippen molar-refractivity contribution in [2.45, 2.75) is 39.3 Å². The van der Waals surface area contributed by atoms with E-state index in [0.717, 1.165) is 17.5 Å². The van der Waals surface area contributed by atoms with Crippen molar-refractivity contribution in [2.75, 3.05) is 13.1 Å². The van der Waals surface area contributed by atoms with Crippen molar-refractivity contribution in [3.8, 4) is 6.07 Å². The van der Waals surface area contributed by atoms with Crippen molar-refractivity contribution in [3.63, 3.8) is 0 Å². The minimum Gasteiger partial charge on any atom is -0.444 e. The molecule has 1 unspecified atom stereocenters. The zero-order chi connectivity index (χ0) is 17.3. The maximum absolute atomic E-state index is 12.1. The molecule has 24 heavy (non-hydrogen) atoms. The SMILES string of the molecule is CC(C)(C)OC(=O)N1CCC(Cn2nnc3ccc(C#N)cc32)C1. The third-order valence-electron chi connectivity index (χ3n) is 4.01. The van der Waals surface area contributed by atoms with Gasteiger partial charge in [0.25, 0.3) is 0 Å². The molecular weight excluding hydrogens is 306 g/mol. The average Bonchev–Trinajstić information content (AvgIpc) is 3.13. The van der Waals surface area contributed by atoms with Crippen LogP contribution in [0.15, 0.2) is 18.2 Å². The Bertz CT molecular complexity index is 799. The van der Waals surface area contributed by atoms with Gasteiger partial charge in [-0.25, -0.2) is 9.48 Å². The monoisotopic (exact) mass is 327 g/mol. The Hall–Kier alpha value is -2.62. The number of hydrogen-bond acceptors (Lipinski definition) is 5. The molecule has 0 N–H and O–H groups in total. The van der Waals surface area contributed by atoms with E-state index in [9.17, 15) is 4.79 Å². The van der Waals surface area contributed by atoms with Gasteiger partial charge in [0.2, 0.25) is 0 Å². The van der Waals surface area contributed by atoms with Gasteiger partial charge in [0.15, 0.2) is 0 Å². The standard InChI is InChI=1S/C17H21N5O2/c1-17(2,3)24-16(23)21-7-6-13(10-21)11-22-15-8-12(9-18)4-5-14(15)19-20-22/h4-5,8,13H,6-7,10-11H2,1-3H3. The lowest BCUT2D eigenvalue weighted by Gasteiger charge is -2.24. The molecule has 2 heterocycles. The normalized spacial score (nSPS) is 17.9. The fraction of sp³-hybridized carbons (Fsp3) is 0.529. The van der Waals surface area contributed by atoms with E-state index < -0.39 is 5.60 Å². The van der Waals surface area contributed by atoms with E-state index in [1.54, 1.807) is 23.1 Å². The van der Waals surface area contributed by atoms with Crippen LogP contribution in [0.25, 0.3) is 11.0 Å². The second kappa shape index (κ2) is 6.11. The highest BCUT2D eigenvalue weighted by atomic mass is 16.6. The maximum Gasteiger partial charge on any atom is 0.410 e. The van der Waals surface area contributed by atoms with Gasteiger partial charge in [-0.2, -0.15) is 5.26 Å². The summed E-state index contributed by atoms with van der Waals surface area (Å²) in [5, 5.41) is 17.4. The van der Waals surface area contributed by atoms with Gasteiger partial charge in [0, 0.05) is 19.6 Å². The van der Waals surface area contributed by atoms with Crippen LogP contribution in [-0.2, 0) is 11.3 Å². The number of nitriles is 1. The molecule has 1 amide bonds. The average molecular weight is 327 g/mol. The van der Waals surface area contributed by atoms with E-state index in [0.29, 0.717) is 31.1 Å². The second-order valence-corrected chi connectivity index (χ2v) is 7.17. The van der Waals surface area contributed by atoms with Crippen molar-refractivity contribution in [1.29, 1.82) is 5.26 Å². The van der Waals surface area contributed by atoms with Crippen molar-refractivity contribution >= 4 is 17.1 Å². The van der Waals surface area contributed by atoms with E-state index in [4.69, 9.17) is 10.00 Å². The summed E-state index contributed by atoms with van der Waals surface area (Å²) < 4.78 is 7.24. The molecule has 0 spiro atoms. The Balaban J connectivity index is 1.68. The van der Waals surface area contributed by atoms with Crippen LogP contribution in [0.1, 0.15) is 32.8 Å². The molecule has 1 fully saturated rings. The Morgan fingerprint density at radius 2 is 2.25 bits per heavy atom. The molecule has 2 aromatic rings. The summed E-state index contributed by atoms with van der Waals surface area (Å²) in [6.45, 7) is 7.61. The minimum atomic E-state index is -0.481. The highest BCUT2D eigenvalue weighted by molar-refractivity contribution is 5.76. The number of benzene rings is 1. The highest BCUT2D eigenvalue weighted by Crippen LogP contribution is 2.22. The first-order valence-corrected chi connectivity index (χ1v) is 8.07. The van der Waals surface area contributed by atoms with Crippen LogP contribution in [0.3, 0.4) is 0 Å². The Morgan fingerprint density at radius 3 is 2.96 bits per heavy atom. The van der Waals surface area contributed by atoms with Crippen LogP contribution in [0.2, 0.25) is 0 Å². The fourth-order valence-corrected chi connectivity index (χ4v) is 2.89. The highest BCUT2D eigenvalue weighted by Gasteiger charge is 2.30. The number of carbonyl (C=O) groups is 1. The van der Waals surface area contributed by atoms with Gasteiger partial charge < -0.3 is 9.64 Å². The molecule has 1 atom stereocenters. The van der Waals surface area contributed by atoms with Crippen molar-refractivity contribution < 1.29 is 9.53 Å². The molecule has 0 aliphatic carbocycles. The number of amides is 1. The third kappa shape index (κ3) is 3.48. The van der Waals surface area contributed by atoms with Gasteiger partial charge in [0.1, 0.15) is 11.1 Å². The molecule has 1 saturated heterocycles. The number of likely N-dealkylation sites (tertiary alicyclic amines) is 1. The summed E-state index contributed by atoms with van der Waals surface area (Å²) in [6.07, 6.45) is 0.638. The second-order valence-electron chi connectivity index (χ2n) is 7.17. The lowest BCUT2D eigenvalue weighted by atomic mass is 10.1. The molecule has 0 saturated carbocycles. The smallest absolute Gasteiger partial charge is 0.410 e. The van der Waals surface area contributed by atoms with E-state index in [1.807, 2.05) is 25.5 Å². The van der Waals surface area contributed by atoms with Crippen molar-refractivity contribution in [1.82, 2.24) is 19.9 Å². The number of rotatable bonds is 2. The summed E-state index contributed by atoms with van der Waals surface area (Å²) in [4.78, 5) is 13.9. The predicted molar refractivity (Wildman–Crippen MR) is 88.2 cm³/mol. The van der Waals surface area contributed by atoms with Crippen molar-refractivity contribution in [2.24, 2.45) is 5.92 Å². The summed E-state index contributed by atoms with van der Waals surface area (Å²) >= 11 is 0. The van der Waals surface area contributed by atoms with Gasteiger partial charge in [-0.3, -0.25) is 0 Å². The van der Waals surface area contributed by atoms with Crippen LogP contribution in [0, 0.1) is 17.2 Å². The van der Waals surface area contributed by atoms with E-state index in [2.05, 4.69) is 16.4 Å². The largest absolute Gasteiger partial charge is 0.444 e. The van der Waals surface area contributed by atoms with Crippen LogP contribution >= 0.6 is 0 Å². The number of aromatic nitrogens is 3. The molecule has 1 aliphatic rings. The number of hydrogen-bond donors (Lipinski definition) is 0. The molecule has 1 aromatic carbocycles. The van der Waals surface area contributed by atoms with Gasteiger partial charge in [-0.05, 0) is 51.3 Å². The molecule has 0 bridgehead atoms. The summed E-state index contributed by atoms with van der Waals surface area (Å²) in [5.74, 6) is 0.299. The number of carbonyl (C=O) groups excluding carboxylic acids is 1. The molecule has 0 radical (unpaired) electrons. The predicted octanol–water partition coefficient (Wildman–Crippen LogP) is 2.56. The fourth-order valence-electron chi connectivity index (χ4n) is 2.89. The van der Waals surface area contributed by atoms with Crippen LogP contribution in [0.4, 0.5) is 4.79 Å². The Morgan fingerprint density at radius 1 is 1.46 bits per heavy atom. The molecule has 126 valence electrons. The van der Waals surface area contributed by atoms with Crippen LogP contribution in [0.5, 0.6) is 0 Å². The molecule has 1 aliphatic heterocycles. The van der Waals surface area contributed by atoms with Gasteiger partial charge >= 0.3 is 6.09 Å². The van der Waals surface area contributed by atoms with Gasteiger partial charge in [-0.15, -0.1) is 5.10 Å². The number of ether oxygens (including phenoxy) is 1.